The Labute approximate surface area is 252 Å². The minimum absolute atomic E-state index is 0.00533. The maximum atomic E-state index is 13.2. The first-order chi connectivity index (χ1) is 20.5. The molecule has 43 heavy (non-hydrogen) atoms. The number of nitrogens with zero attached hydrogens (tertiary/aromatic N) is 3. The molecule has 1 aliphatic rings. The normalized spacial score (nSPS) is 13.7. The summed E-state index contributed by atoms with van der Waals surface area (Å²) in [6.07, 6.45) is 2.67. The van der Waals surface area contributed by atoms with Gasteiger partial charge in [-0.3, -0.25) is 9.36 Å². The van der Waals surface area contributed by atoms with E-state index in [9.17, 15) is 33.9 Å². The number of aromatic nitrogens is 2. The van der Waals surface area contributed by atoms with Crippen molar-refractivity contribution in [3.8, 4) is 23.3 Å². The average molecular weight is 638 g/mol. The second-order valence-corrected chi connectivity index (χ2v) is 10.7. The van der Waals surface area contributed by atoms with E-state index in [1.165, 1.54) is 36.4 Å². The lowest BCUT2D eigenvalue weighted by atomic mass is 10.0. The van der Waals surface area contributed by atoms with Crippen LogP contribution in [0.15, 0.2) is 54.0 Å². The molecule has 0 radical (unpaired) electrons. The highest BCUT2D eigenvalue weighted by molar-refractivity contribution is 6.35. The van der Waals surface area contributed by atoms with Crippen LogP contribution in [0.4, 0.5) is 14.5 Å². The zero-order valence-corrected chi connectivity index (χ0v) is 23.6. The number of esters is 1. The van der Waals surface area contributed by atoms with Gasteiger partial charge < -0.3 is 29.6 Å². The summed E-state index contributed by atoms with van der Waals surface area (Å²) >= 11 is 12.5. The highest BCUT2D eigenvalue weighted by atomic mass is 35.5. The van der Waals surface area contributed by atoms with Crippen molar-refractivity contribution in [1.82, 2.24) is 4.57 Å². The summed E-state index contributed by atoms with van der Waals surface area (Å²) in [4.78, 5) is 24.5. The molecule has 1 fully saturated rings. The van der Waals surface area contributed by atoms with E-state index < -0.39 is 37.0 Å². The first-order valence-electron chi connectivity index (χ1n) is 12.9. The molecule has 2 aromatic carbocycles. The molecular weight excluding hydrogens is 615 g/mol. The van der Waals surface area contributed by atoms with Crippen molar-refractivity contribution in [2.45, 2.75) is 38.5 Å². The Kier molecular flexibility index (Phi) is 8.74. The van der Waals surface area contributed by atoms with E-state index in [4.69, 9.17) is 32.7 Å². The monoisotopic (exact) mass is 637 g/mol. The molecule has 4 aromatic rings. The Morgan fingerprint density at radius 2 is 1.84 bits per heavy atom. The Morgan fingerprint density at radius 3 is 2.49 bits per heavy atom. The maximum absolute atomic E-state index is 13.2. The van der Waals surface area contributed by atoms with E-state index in [0.29, 0.717) is 4.73 Å². The zero-order valence-electron chi connectivity index (χ0n) is 22.1. The van der Waals surface area contributed by atoms with Gasteiger partial charge in [-0.25, -0.2) is 0 Å². The van der Waals surface area contributed by atoms with Crippen LogP contribution in [0.3, 0.4) is 0 Å². The van der Waals surface area contributed by atoms with Gasteiger partial charge in [0.1, 0.15) is 28.4 Å². The Balaban J connectivity index is 1.49. The van der Waals surface area contributed by atoms with E-state index in [1.807, 2.05) is 0 Å². The van der Waals surface area contributed by atoms with Gasteiger partial charge in [-0.05, 0) is 53.8 Å². The molecular formula is C28H23Cl2F2N3O8. The summed E-state index contributed by atoms with van der Waals surface area (Å²) in [5, 5.41) is 36.0. The molecule has 0 unspecified atom stereocenters. The first-order valence-corrected chi connectivity index (χ1v) is 13.7. The van der Waals surface area contributed by atoms with Crippen LogP contribution in [0.25, 0.3) is 10.8 Å². The van der Waals surface area contributed by atoms with Gasteiger partial charge in [0.2, 0.25) is 11.8 Å². The Bertz CT molecular complexity index is 1670. The second kappa shape index (κ2) is 12.5. The largest absolute Gasteiger partial charge is 0.619 e. The number of rotatable bonds is 12. The molecule has 1 saturated carbocycles. The number of carbonyl (C=O) groups is 1. The lowest BCUT2D eigenvalue weighted by molar-refractivity contribution is -0.605. The van der Waals surface area contributed by atoms with Crippen LogP contribution in [0.5, 0.6) is 23.3 Å². The fourth-order valence-corrected chi connectivity index (χ4v) is 5.15. The van der Waals surface area contributed by atoms with Crippen molar-refractivity contribution in [1.29, 1.82) is 0 Å². The molecule has 226 valence electrons. The van der Waals surface area contributed by atoms with Gasteiger partial charge in [0, 0.05) is 17.4 Å². The van der Waals surface area contributed by atoms with Crippen LogP contribution in [-0.2, 0) is 22.5 Å². The van der Waals surface area contributed by atoms with Gasteiger partial charge in [-0.2, -0.15) is 13.5 Å². The number of hydrogen-bond acceptors (Lipinski definition) is 9. The van der Waals surface area contributed by atoms with Gasteiger partial charge in [0.15, 0.2) is 23.9 Å². The molecule has 5 rings (SSSR count). The number of carbonyl (C=O) groups excluding carboxylic acids is 1. The lowest BCUT2D eigenvalue weighted by Crippen LogP contribution is -2.26. The van der Waals surface area contributed by atoms with Gasteiger partial charge in [0.05, 0.1) is 12.0 Å². The van der Waals surface area contributed by atoms with Crippen LogP contribution in [0, 0.1) is 16.0 Å². The van der Waals surface area contributed by atoms with Gasteiger partial charge in [-0.15, -0.1) is 4.91 Å². The van der Waals surface area contributed by atoms with Crippen molar-refractivity contribution in [2.75, 3.05) is 6.61 Å². The fraction of sp³-hybridized carbons (Fsp3) is 0.286. The topological polar surface area (TPSA) is 147 Å². The second-order valence-electron chi connectivity index (χ2n) is 9.84. The third-order valence-electron chi connectivity index (χ3n) is 6.85. The predicted molar refractivity (Wildman–Crippen MR) is 150 cm³/mol. The van der Waals surface area contributed by atoms with Gasteiger partial charge in [-0.1, -0.05) is 35.3 Å². The highest BCUT2D eigenvalue weighted by Crippen LogP contribution is 2.42. The van der Waals surface area contributed by atoms with E-state index >= 15 is 0 Å². The molecule has 11 nitrogen and oxygen atoms in total. The number of alkyl halides is 2. The van der Waals surface area contributed by atoms with Crippen LogP contribution in [-0.4, -0.2) is 34.0 Å². The van der Waals surface area contributed by atoms with Crippen molar-refractivity contribution < 1.29 is 42.7 Å². The molecule has 1 aliphatic carbocycles. The fourth-order valence-electron chi connectivity index (χ4n) is 4.55. The molecule has 0 aliphatic heterocycles. The quantitative estimate of drug-likeness (QED) is 0.0795. The minimum Gasteiger partial charge on any atom is -0.619 e. The molecule has 0 saturated heterocycles. The number of ether oxygens (including phenoxy) is 3. The summed E-state index contributed by atoms with van der Waals surface area (Å²) in [5.74, 6) is -1.99. The minimum atomic E-state index is -3.11. The third kappa shape index (κ3) is 6.67. The summed E-state index contributed by atoms with van der Waals surface area (Å²) in [6, 6.07) is 8.22. The SMILES string of the molecule is O=Nc1cccc2c(O)n(CC(=O)O[C@@H](Cc3c(Cl)c[n+]([O-])cc3Cl)c3ccc(OC(F)F)c(OCC4CC4)c3)c(O)c12. The number of pyridine rings is 1. The molecule has 2 N–H and O–H groups in total. The first kappa shape index (κ1) is 30.1. The van der Waals surface area contributed by atoms with Crippen LogP contribution in [0.2, 0.25) is 10.0 Å². The predicted octanol–water partition coefficient (Wildman–Crippen LogP) is 6.31. The van der Waals surface area contributed by atoms with Crippen LogP contribution >= 0.6 is 23.2 Å². The maximum Gasteiger partial charge on any atom is 0.387 e. The molecule has 0 bridgehead atoms. The standard InChI is InChI=1S/C28H23Cl2F2N3O8/c29-18-10-34(40)11-19(30)17(18)9-22(15-6-7-21(43-28(31)32)23(8-15)41-13-14-4-5-14)42-24(36)12-35-26(37)16-2-1-3-20(33-39)25(16)27(35)38/h1-3,6-8,10-11,14,22,28,37-38H,4-5,9,12-13H2/t22-/m0/s1. The summed E-state index contributed by atoms with van der Waals surface area (Å²) in [7, 11) is 0. The lowest BCUT2D eigenvalue weighted by Gasteiger charge is -2.22. The van der Waals surface area contributed by atoms with Crippen molar-refractivity contribution in [3.63, 3.8) is 0 Å². The van der Waals surface area contributed by atoms with Crippen molar-refractivity contribution >= 4 is 45.6 Å². The number of benzene rings is 2. The Morgan fingerprint density at radius 1 is 1.12 bits per heavy atom. The van der Waals surface area contributed by atoms with Crippen LogP contribution < -0.4 is 14.2 Å². The van der Waals surface area contributed by atoms with E-state index in [2.05, 4.69) is 9.91 Å². The van der Waals surface area contributed by atoms with E-state index in [-0.39, 0.29) is 68.1 Å². The molecule has 2 heterocycles. The van der Waals surface area contributed by atoms with Crippen LogP contribution in [0.1, 0.15) is 30.1 Å². The third-order valence-corrected chi connectivity index (χ3v) is 7.50. The summed E-state index contributed by atoms with van der Waals surface area (Å²) in [5.41, 5.74) is 0.384. The zero-order chi connectivity index (χ0) is 30.8. The molecule has 0 spiro atoms. The summed E-state index contributed by atoms with van der Waals surface area (Å²) in [6.45, 7) is -3.55. The average Bonchev–Trinajstić information content (AvgIpc) is 3.76. The molecule has 1 atom stereocenters. The van der Waals surface area contributed by atoms with Gasteiger partial charge >= 0.3 is 12.6 Å². The van der Waals surface area contributed by atoms with E-state index in [1.54, 1.807) is 0 Å². The molecule has 15 heteroatoms. The van der Waals surface area contributed by atoms with E-state index in [0.717, 1.165) is 29.8 Å². The van der Waals surface area contributed by atoms with Crippen molar-refractivity contribution in [3.05, 3.63) is 80.1 Å². The number of nitroso groups, excluding NO2 is 1. The van der Waals surface area contributed by atoms with Crippen molar-refractivity contribution in [2.24, 2.45) is 11.1 Å². The highest BCUT2D eigenvalue weighted by Gasteiger charge is 2.28. The van der Waals surface area contributed by atoms with Gasteiger partial charge in [0.25, 0.3) is 0 Å². The summed E-state index contributed by atoms with van der Waals surface area (Å²) < 4.78 is 43.5. The number of aromatic hydroxyl groups is 2. The Hall–Kier alpha value is -4.36. The smallest absolute Gasteiger partial charge is 0.387 e. The molecule has 2 aromatic heterocycles. The number of fused-ring (bicyclic) bond motifs is 1. The molecule has 0 amide bonds. The number of halogens is 4. The number of hydrogen-bond donors (Lipinski definition) is 2.